The molecule has 3 heterocycles. The molecule has 0 aliphatic carbocycles. The van der Waals surface area contributed by atoms with Gasteiger partial charge in [-0.05, 0) is 52.9 Å². The van der Waals surface area contributed by atoms with Gasteiger partial charge < -0.3 is 14.1 Å². The first-order chi connectivity index (χ1) is 16.2. The lowest BCUT2D eigenvalue weighted by molar-refractivity contribution is 0.197. The van der Waals surface area contributed by atoms with E-state index < -0.39 is 6.04 Å². The van der Waals surface area contributed by atoms with E-state index in [1.165, 1.54) is 6.07 Å². The standard InChI is InChI=1S/C24H25FN6O2/c1-32-19-10-8-18(9-11-19)29-12-14-30(15-13-29)23(21-6-2-3-7-22(21)25)24-26-27-28-31(24)17-20-5-4-16-33-20/h2-11,16,23H,12-15,17H2,1H3. The second-order valence-corrected chi connectivity index (χ2v) is 7.92. The Bertz CT molecular complexity index is 1170. The Balaban J connectivity index is 1.41. The van der Waals surface area contributed by atoms with E-state index in [9.17, 15) is 4.39 Å². The fourth-order valence-corrected chi connectivity index (χ4v) is 4.30. The van der Waals surface area contributed by atoms with Crippen molar-refractivity contribution < 1.29 is 13.5 Å². The summed E-state index contributed by atoms with van der Waals surface area (Å²) >= 11 is 0. The predicted molar refractivity (Wildman–Crippen MR) is 121 cm³/mol. The largest absolute Gasteiger partial charge is 0.497 e. The summed E-state index contributed by atoms with van der Waals surface area (Å²) in [7, 11) is 1.66. The first-order valence-electron chi connectivity index (χ1n) is 10.9. The van der Waals surface area contributed by atoms with Crippen molar-refractivity contribution in [2.45, 2.75) is 12.6 Å². The smallest absolute Gasteiger partial charge is 0.173 e. The van der Waals surface area contributed by atoms with E-state index in [0.717, 1.165) is 43.4 Å². The average molecular weight is 449 g/mol. The quantitative estimate of drug-likeness (QED) is 0.429. The van der Waals surface area contributed by atoms with Crippen molar-refractivity contribution in [1.82, 2.24) is 25.1 Å². The van der Waals surface area contributed by atoms with Crippen molar-refractivity contribution in [2.24, 2.45) is 0 Å². The van der Waals surface area contributed by atoms with Gasteiger partial charge in [-0.3, -0.25) is 4.90 Å². The number of methoxy groups -OCH3 is 1. The van der Waals surface area contributed by atoms with Crippen molar-refractivity contribution in [3.05, 3.63) is 89.9 Å². The van der Waals surface area contributed by atoms with Crippen LogP contribution in [0, 0.1) is 5.82 Å². The molecule has 1 unspecified atom stereocenters. The normalized spacial score (nSPS) is 15.5. The number of rotatable bonds is 7. The van der Waals surface area contributed by atoms with E-state index in [-0.39, 0.29) is 5.82 Å². The van der Waals surface area contributed by atoms with E-state index in [4.69, 9.17) is 9.15 Å². The number of aromatic nitrogens is 4. The van der Waals surface area contributed by atoms with Crippen LogP contribution < -0.4 is 9.64 Å². The molecule has 0 amide bonds. The number of nitrogens with zero attached hydrogens (tertiary/aromatic N) is 6. The Hall–Kier alpha value is -3.72. The topological polar surface area (TPSA) is 72.5 Å². The lowest BCUT2D eigenvalue weighted by Crippen LogP contribution is -2.48. The highest BCUT2D eigenvalue weighted by Gasteiger charge is 2.32. The van der Waals surface area contributed by atoms with Gasteiger partial charge in [0.15, 0.2) is 5.82 Å². The van der Waals surface area contributed by atoms with Crippen molar-refractivity contribution >= 4 is 5.69 Å². The van der Waals surface area contributed by atoms with Crippen LogP contribution in [0.15, 0.2) is 71.3 Å². The molecule has 0 radical (unpaired) electrons. The number of furan rings is 1. The van der Waals surface area contributed by atoms with E-state index in [0.29, 0.717) is 17.9 Å². The van der Waals surface area contributed by atoms with Crippen LogP contribution in [0.5, 0.6) is 5.75 Å². The van der Waals surface area contributed by atoms with Crippen LogP contribution in [0.1, 0.15) is 23.2 Å². The van der Waals surface area contributed by atoms with Crippen LogP contribution in [0.25, 0.3) is 0 Å². The maximum atomic E-state index is 15.0. The molecule has 5 rings (SSSR count). The van der Waals surface area contributed by atoms with Crippen LogP contribution in [-0.2, 0) is 6.54 Å². The van der Waals surface area contributed by atoms with Crippen molar-refractivity contribution in [3.63, 3.8) is 0 Å². The lowest BCUT2D eigenvalue weighted by atomic mass is 10.0. The summed E-state index contributed by atoms with van der Waals surface area (Å²) in [5.74, 6) is 1.89. The van der Waals surface area contributed by atoms with E-state index in [1.54, 1.807) is 24.1 Å². The van der Waals surface area contributed by atoms with Gasteiger partial charge in [0.1, 0.15) is 29.9 Å². The Morgan fingerprint density at radius 1 is 1.00 bits per heavy atom. The van der Waals surface area contributed by atoms with Crippen LogP contribution in [0.3, 0.4) is 0 Å². The fourth-order valence-electron chi connectivity index (χ4n) is 4.30. The Labute approximate surface area is 191 Å². The summed E-state index contributed by atoms with van der Waals surface area (Å²) in [5, 5.41) is 12.4. The molecule has 0 saturated carbocycles. The van der Waals surface area contributed by atoms with Gasteiger partial charge in [-0.1, -0.05) is 18.2 Å². The van der Waals surface area contributed by atoms with Crippen molar-refractivity contribution in [1.29, 1.82) is 0 Å². The summed E-state index contributed by atoms with van der Waals surface area (Å²) in [6, 6.07) is 18.2. The minimum Gasteiger partial charge on any atom is -0.497 e. The molecule has 1 atom stereocenters. The number of hydrogen-bond donors (Lipinski definition) is 0. The van der Waals surface area contributed by atoms with Crippen molar-refractivity contribution in [2.75, 3.05) is 38.2 Å². The molecular formula is C24H25FN6O2. The highest BCUT2D eigenvalue weighted by molar-refractivity contribution is 5.49. The molecular weight excluding hydrogens is 423 g/mol. The SMILES string of the molecule is COc1ccc(N2CCN(C(c3ccccc3F)c3nnnn3Cc3ccco3)CC2)cc1. The van der Waals surface area contributed by atoms with Crippen molar-refractivity contribution in [3.8, 4) is 5.75 Å². The third kappa shape index (κ3) is 4.45. The molecule has 0 bridgehead atoms. The van der Waals surface area contributed by atoms with Crippen LogP contribution in [-0.4, -0.2) is 58.4 Å². The summed E-state index contributed by atoms with van der Waals surface area (Å²) in [5.41, 5.74) is 1.70. The number of piperazine rings is 1. The summed E-state index contributed by atoms with van der Waals surface area (Å²) in [6.07, 6.45) is 1.62. The number of benzene rings is 2. The number of ether oxygens (including phenoxy) is 1. The number of anilines is 1. The molecule has 1 fully saturated rings. The molecule has 8 nitrogen and oxygen atoms in total. The Morgan fingerprint density at radius 2 is 1.79 bits per heavy atom. The Morgan fingerprint density at radius 3 is 2.48 bits per heavy atom. The minimum atomic E-state index is -0.408. The molecule has 170 valence electrons. The zero-order chi connectivity index (χ0) is 22.6. The third-order valence-corrected chi connectivity index (χ3v) is 6.01. The fraction of sp³-hybridized carbons (Fsp3) is 0.292. The van der Waals surface area contributed by atoms with E-state index >= 15 is 0 Å². The summed E-state index contributed by atoms with van der Waals surface area (Å²) < 4.78 is 27.4. The van der Waals surface area contributed by atoms with Gasteiger partial charge in [-0.25, -0.2) is 9.07 Å². The molecule has 0 N–H and O–H groups in total. The van der Waals surface area contributed by atoms with Gasteiger partial charge in [0, 0.05) is 37.4 Å². The molecule has 1 aliphatic heterocycles. The molecule has 2 aromatic heterocycles. The highest BCUT2D eigenvalue weighted by Crippen LogP contribution is 2.31. The molecule has 2 aromatic carbocycles. The summed E-state index contributed by atoms with van der Waals surface area (Å²) in [4.78, 5) is 4.56. The highest BCUT2D eigenvalue weighted by atomic mass is 19.1. The summed E-state index contributed by atoms with van der Waals surface area (Å²) in [6.45, 7) is 3.46. The second-order valence-electron chi connectivity index (χ2n) is 7.92. The minimum absolute atomic E-state index is 0.271. The number of tetrazole rings is 1. The van der Waals surface area contributed by atoms with Crippen LogP contribution >= 0.6 is 0 Å². The molecule has 9 heteroatoms. The average Bonchev–Trinajstić information content (AvgIpc) is 3.54. The van der Waals surface area contributed by atoms with Gasteiger partial charge in [-0.2, -0.15) is 0 Å². The van der Waals surface area contributed by atoms with Gasteiger partial charge in [-0.15, -0.1) is 5.10 Å². The first-order valence-corrected chi connectivity index (χ1v) is 10.9. The van der Waals surface area contributed by atoms with E-state index in [1.807, 2.05) is 36.4 Å². The van der Waals surface area contributed by atoms with E-state index in [2.05, 4.69) is 37.5 Å². The number of halogens is 1. The van der Waals surface area contributed by atoms with Gasteiger partial charge in [0.25, 0.3) is 0 Å². The molecule has 0 spiro atoms. The van der Waals surface area contributed by atoms with Crippen LogP contribution in [0.4, 0.5) is 10.1 Å². The third-order valence-electron chi connectivity index (χ3n) is 6.01. The molecule has 1 saturated heterocycles. The second kappa shape index (κ2) is 9.41. The zero-order valence-electron chi connectivity index (χ0n) is 18.3. The first kappa shape index (κ1) is 21.1. The molecule has 1 aliphatic rings. The lowest BCUT2D eigenvalue weighted by Gasteiger charge is -2.40. The van der Waals surface area contributed by atoms with Crippen LogP contribution in [0.2, 0.25) is 0 Å². The zero-order valence-corrected chi connectivity index (χ0v) is 18.3. The monoisotopic (exact) mass is 448 g/mol. The molecule has 33 heavy (non-hydrogen) atoms. The van der Waals surface area contributed by atoms with Gasteiger partial charge >= 0.3 is 0 Å². The predicted octanol–water partition coefficient (Wildman–Crippen LogP) is 3.37. The molecule has 4 aromatic rings. The van der Waals surface area contributed by atoms with Gasteiger partial charge in [0.2, 0.25) is 0 Å². The number of hydrogen-bond acceptors (Lipinski definition) is 7. The maximum Gasteiger partial charge on any atom is 0.173 e. The Kier molecular flexibility index (Phi) is 6.03. The van der Waals surface area contributed by atoms with Gasteiger partial charge in [0.05, 0.1) is 13.4 Å². The maximum absolute atomic E-state index is 15.0.